The molecule has 0 atom stereocenters. The lowest BCUT2D eigenvalue weighted by Crippen LogP contribution is -2.24. The van der Waals surface area contributed by atoms with Gasteiger partial charge in [0.05, 0.1) is 5.69 Å². The Bertz CT molecular complexity index is 1130. The number of H-pyrrole nitrogens is 1. The fourth-order valence-corrected chi connectivity index (χ4v) is 4.31. The molecule has 0 saturated carbocycles. The van der Waals surface area contributed by atoms with Gasteiger partial charge in [0.25, 0.3) is 11.8 Å². The Morgan fingerprint density at radius 2 is 1.77 bits per heavy atom. The van der Waals surface area contributed by atoms with E-state index < -0.39 is 5.91 Å². The van der Waals surface area contributed by atoms with Crippen LogP contribution in [0.15, 0.2) is 60.7 Å². The van der Waals surface area contributed by atoms with Crippen LogP contribution in [-0.4, -0.2) is 32.9 Å². The third-order valence-corrected chi connectivity index (χ3v) is 6.10. The zero-order chi connectivity index (χ0) is 21.8. The summed E-state index contributed by atoms with van der Waals surface area (Å²) in [6.45, 7) is 0.278. The van der Waals surface area contributed by atoms with E-state index >= 15 is 0 Å². The molecule has 2 aromatic carbocycles. The van der Waals surface area contributed by atoms with E-state index in [1.165, 1.54) is 0 Å². The molecule has 158 valence electrons. The predicted octanol–water partition coefficient (Wildman–Crippen LogP) is 3.91. The van der Waals surface area contributed by atoms with Crippen molar-refractivity contribution in [3.05, 3.63) is 83.2 Å². The number of thioether (sulfide) groups is 1. The number of phenolic OH excluding ortho intramolecular Hbond substituents is 1. The van der Waals surface area contributed by atoms with Crippen LogP contribution in [-0.2, 0) is 6.54 Å². The highest BCUT2D eigenvalue weighted by Crippen LogP contribution is 2.36. The first-order valence-corrected chi connectivity index (χ1v) is 10.7. The molecular formula is C23H21N3O4S. The molecule has 7 nitrogen and oxygen atoms in total. The molecule has 3 aromatic rings. The summed E-state index contributed by atoms with van der Waals surface area (Å²) in [7, 11) is 0. The van der Waals surface area contributed by atoms with Gasteiger partial charge in [0.1, 0.15) is 11.4 Å². The minimum atomic E-state index is -0.591. The summed E-state index contributed by atoms with van der Waals surface area (Å²) in [5, 5.41) is 21.2. The van der Waals surface area contributed by atoms with Gasteiger partial charge in [-0.15, -0.1) is 11.8 Å². The highest BCUT2D eigenvalue weighted by Gasteiger charge is 2.20. The lowest BCUT2D eigenvalue weighted by atomic mass is 10.0. The van der Waals surface area contributed by atoms with Crippen LogP contribution in [0, 0.1) is 0 Å². The molecule has 0 radical (unpaired) electrons. The third-order valence-electron chi connectivity index (χ3n) is 4.96. The van der Waals surface area contributed by atoms with Crippen LogP contribution in [0.2, 0.25) is 0 Å². The molecule has 0 unspecified atom stereocenters. The average molecular weight is 436 g/mol. The summed E-state index contributed by atoms with van der Waals surface area (Å²) in [6.07, 6.45) is 3.16. The number of amides is 2. The van der Waals surface area contributed by atoms with Crippen molar-refractivity contribution in [1.82, 2.24) is 15.8 Å². The van der Waals surface area contributed by atoms with Crippen molar-refractivity contribution in [2.45, 2.75) is 13.0 Å². The first-order chi connectivity index (χ1) is 15.0. The SMILES string of the molecule is O=C(NO)c1ccc(CNC(=O)c2[nH]c(C3=CCCS3)cc2-c2ccc(O)cc2)cc1. The van der Waals surface area contributed by atoms with Crippen molar-refractivity contribution in [2.24, 2.45) is 0 Å². The molecule has 2 amide bonds. The van der Waals surface area contributed by atoms with E-state index in [9.17, 15) is 14.7 Å². The van der Waals surface area contributed by atoms with Gasteiger partial charge in [-0.05, 0) is 47.9 Å². The number of hydrogen-bond acceptors (Lipinski definition) is 5. The van der Waals surface area contributed by atoms with Crippen molar-refractivity contribution in [2.75, 3.05) is 5.75 Å². The summed E-state index contributed by atoms with van der Waals surface area (Å²) < 4.78 is 0. The first-order valence-electron chi connectivity index (χ1n) is 9.72. The van der Waals surface area contributed by atoms with Gasteiger partial charge in [0.15, 0.2) is 0 Å². The number of hydrogen-bond donors (Lipinski definition) is 5. The van der Waals surface area contributed by atoms with Crippen molar-refractivity contribution in [3.8, 4) is 16.9 Å². The number of allylic oxidation sites excluding steroid dienone is 1. The highest BCUT2D eigenvalue weighted by molar-refractivity contribution is 8.08. The normalized spacial score (nSPS) is 13.0. The molecule has 1 aliphatic rings. The van der Waals surface area contributed by atoms with Gasteiger partial charge in [0, 0.05) is 28.3 Å². The Morgan fingerprint density at radius 1 is 1.03 bits per heavy atom. The molecule has 0 saturated heterocycles. The fraction of sp³-hybridized carbons (Fsp3) is 0.130. The minimum absolute atomic E-state index is 0.165. The second kappa shape index (κ2) is 9.11. The van der Waals surface area contributed by atoms with Crippen molar-refractivity contribution in [1.29, 1.82) is 0 Å². The molecule has 2 heterocycles. The maximum Gasteiger partial charge on any atom is 0.274 e. The van der Waals surface area contributed by atoms with Crippen molar-refractivity contribution < 1.29 is 19.9 Å². The zero-order valence-electron chi connectivity index (χ0n) is 16.5. The van der Waals surface area contributed by atoms with Gasteiger partial charge in [-0.25, -0.2) is 5.48 Å². The number of benzene rings is 2. The molecule has 1 aromatic heterocycles. The lowest BCUT2D eigenvalue weighted by molar-refractivity contribution is 0.0706. The topological polar surface area (TPSA) is 114 Å². The minimum Gasteiger partial charge on any atom is -0.508 e. The second-order valence-electron chi connectivity index (χ2n) is 7.04. The smallest absolute Gasteiger partial charge is 0.274 e. The van der Waals surface area contributed by atoms with Crippen LogP contribution in [0.4, 0.5) is 0 Å². The van der Waals surface area contributed by atoms with Crippen LogP contribution in [0.3, 0.4) is 0 Å². The summed E-state index contributed by atoms with van der Waals surface area (Å²) >= 11 is 1.75. The number of rotatable bonds is 6. The number of phenols is 1. The Morgan fingerprint density at radius 3 is 2.42 bits per heavy atom. The van der Waals surface area contributed by atoms with Crippen molar-refractivity contribution in [3.63, 3.8) is 0 Å². The molecule has 5 N–H and O–H groups in total. The Balaban J connectivity index is 1.56. The lowest BCUT2D eigenvalue weighted by Gasteiger charge is -2.08. The fourth-order valence-electron chi connectivity index (χ4n) is 3.35. The number of aromatic nitrogens is 1. The van der Waals surface area contributed by atoms with Gasteiger partial charge in [0.2, 0.25) is 0 Å². The number of hydroxylamine groups is 1. The van der Waals surface area contributed by atoms with E-state index in [4.69, 9.17) is 5.21 Å². The quantitative estimate of drug-likeness (QED) is 0.297. The Hall–Kier alpha value is -3.49. The summed E-state index contributed by atoms with van der Waals surface area (Å²) in [4.78, 5) is 28.8. The summed E-state index contributed by atoms with van der Waals surface area (Å²) in [5.41, 5.74) is 5.66. The molecule has 0 spiro atoms. The van der Waals surface area contributed by atoms with Gasteiger partial charge >= 0.3 is 0 Å². The van der Waals surface area contributed by atoms with Crippen molar-refractivity contribution >= 4 is 28.5 Å². The first kappa shape index (κ1) is 20.8. The molecular weight excluding hydrogens is 414 g/mol. The van der Waals surface area contributed by atoms with Crippen LogP contribution in [0.1, 0.15) is 38.5 Å². The van der Waals surface area contributed by atoms with Gasteiger partial charge in [-0.3, -0.25) is 14.8 Å². The van der Waals surface area contributed by atoms with Crippen LogP contribution < -0.4 is 10.8 Å². The predicted molar refractivity (Wildman–Crippen MR) is 120 cm³/mol. The average Bonchev–Trinajstić information content (AvgIpc) is 3.48. The Labute approximate surface area is 183 Å². The molecule has 0 aliphatic carbocycles. The Kier molecular flexibility index (Phi) is 6.11. The standard InChI is InChI=1S/C23H21N3O4S/c27-17-9-7-15(8-10-17)18-12-19(20-2-1-11-31-20)25-21(18)23(29)24-13-14-3-5-16(6-4-14)22(28)26-30/h2-10,12,25,27,30H,1,11,13H2,(H,24,29)(H,26,28). The van der Waals surface area contributed by atoms with Crippen LogP contribution in [0.5, 0.6) is 5.75 Å². The maximum atomic E-state index is 13.0. The number of nitrogens with one attached hydrogen (secondary N) is 3. The molecule has 4 rings (SSSR count). The molecule has 31 heavy (non-hydrogen) atoms. The van der Waals surface area contributed by atoms with E-state index in [2.05, 4.69) is 16.4 Å². The monoisotopic (exact) mass is 435 g/mol. The van der Waals surface area contributed by atoms with E-state index in [1.54, 1.807) is 65.8 Å². The summed E-state index contributed by atoms with van der Waals surface area (Å²) in [6, 6.07) is 15.3. The van der Waals surface area contributed by atoms with E-state index in [1.807, 2.05) is 6.07 Å². The molecule has 8 heteroatoms. The largest absolute Gasteiger partial charge is 0.508 e. The summed E-state index contributed by atoms with van der Waals surface area (Å²) in [5.74, 6) is 0.342. The van der Waals surface area contributed by atoms with Crippen LogP contribution >= 0.6 is 11.8 Å². The number of aromatic amines is 1. The second-order valence-corrected chi connectivity index (χ2v) is 8.18. The van der Waals surface area contributed by atoms with Crippen LogP contribution in [0.25, 0.3) is 16.0 Å². The number of carbonyl (C=O) groups excluding carboxylic acids is 2. The van der Waals surface area contributed by atoms with Gasteiger partial charge in [-0.1, -0.05) is 30.3 Å². The maximum absolute atomic E-state index is 13.0. The number of carbonyl (C=O) groups is 2. The van der Waals surface area contributed by atoms with E-state index in [0.717, 1.165) is 39.5 Å². The zero-order valence-corrected chi connectivity index (χ0v) is 17.3. The third kappa shape index (κ3) is 4.65. The van der Waals surface area contributed by atoms with E-state index in [-0.39, 0.29) is 18.2 Å². The van der Waals surface area contributed by atoms with Gasteiger partial charge < -0.3 is 15.4 Å². The molecule has 0 fully saturated rings. The molecule has 1 aliphatic heterocycles. The molecule has 0 bridgehead atoms. The van der Waals surface area contributed by atoms with Gasteiger partial charge in [-0.2, -0.15) is 0 Å². The number of aromatic hydroxyl groups is 1. The van der Waals surface area contributed by atoms with E-state index in [0.29, 0.717) is 11.3 Å². The highest BCUT2D eigenvalue weighted by atomic mass is 32.2.